The van der Waals surface area contributed by atoms with E-state index in [-0.39, 0.29) is 6.04 Å². The van der Waals surface area contributed by atoms with Crippen LogP contribution in [0.15, 0.2) is 29.2 Å². The number of rotatable bonds is 3. The van der Waals surface area contributed by atoms with Gasteiger partial charge in [-0.15, -0.1) is 0 Å². The Balaban J connectivity index is 2.26. The van der Waals surface area contributed by atoms with E-state index in [1.54, 1.807) is 28.6 Å². The molecule has 0 bridgehead atoms. The van der Waals surface area contributed by atoms with Crippen LogP contribution in [0, 0.1) is 5.92 Å². The molecule has 0 amide bonds. The molecule has 1 N–H and O–H groups in total. The Morgan fingerprint density at radius 2 is 1.84 bits per heavy atom. The summed E-state index contributed by atoms with van der Waals surface area (Å²) in [6.45, 7) is 4.80. The first kappa shape index (κ1) is 14.3. The molecule has 1 aromatic rings. The highest BCUT2D eigenvalue weighted by Crippen LogP contribution is 2.28. The Hall–Kier alpha value is -1.07. The number of anilines is 1. The van der Waals surface area contributed by atoms with Crippen LogP contribution in [-0.4, -0.2) is 32.4 Å². The summed E-state index contributed by atoms with van der Waals surface area (Å²) in [6, 6.07) is 7.02. The molecule has 19 heavy (non-hydrogen) atoms. The van der Waals surface area contributed by atoms with Gasteiger partial charge in [-0.05, 0) is 49.9 Å². The molecular weight excluding hydrogens is 260 g/mol. The van der Waals surface area contributed by atoms with Crippen molar-refractivity contribution in [2.75, 3.05) is 18.9 Å². The first-order valence-electron chi connectivity index (χ1n) is 6.75. The Bertz CT molecular complexity index is 525. The normalized spacial score (nSPS) is 25.2. The van der Waals surface area contributed by atoms with E-state index in [0.717, 1.165) is 18.5 Å². The summed E-state index contributed by atoms with van der Waals surface area (Å²) in [4.78, 5) is 0.382. The van der Waals surface area contributed by atoms with Crippen molar-refractivity contribution in [1.82, 2.24) is 4.31 Å². The average molecular weight is 282 g/mol. The molecule has 1 heterocycles. The molecule has 4 nitrogen and oxygen atoms in total. The van der Waals surface area contributed by atoms with Crippen molar-refractivity contribution in [1.29, 1.82) is 0 Å². The van der Waals surface area contributed by atoms with Gasteiger partial charge in [0.2, 0.25) is 10.0 Å². The van der Waals surface area contributed by atoms with Crippen molar-refractivity contribution in [2.45, 2.75) is 37.6 Å². The summed E-state index contributed by atoms with van der Waals surface area (Å²) in [6.07, 6.45) is 1.88. The molecule has 0 spiro atoms. The van der Waals surface area contributed by atoms with E-state index < -0.39 is 10.0 Å². The van der Waals surface area contributed by atoms with E-state index >= 15 is 0 Å². The van der Waals surface area contributed by atoms with E-state index in [4.69, 9.17) is 0 Å². The molecule has 0 saturated carbocycles. The molecule has 1 aliphatic heterocycles. The van der Waals surface area contributed by atoms with Gasteiger partial charge >= 0.3 is 0 Å². The van der Waals surface area contributed by atoms with E-state index in [2.05, 4.69) is 12.2 Å². The van der Waals surface area contributed by atoms with Crippen molar-refractivity contribution < 1.29 is 8.42 Å². The SMILES string of the molecule is CNc1ccc(S(=O)(=O)N2CCC(C)CC2C)cc1. The number of sulfonamides is 1. The van der Waals surface area contributed by atoms with Gasteiger partial charge in [0.15, 0.2) is 0 Å². The zero-order valence-corrected chi connectivity index (χ0v) is 12.6. The minimum absolute atomic E-state index is 0.0812. The lowest BCUT2D eigenvalue weighted by Crippen LogP contribution is -2.44. The van der Waals surface area contributed by atoms with E-state index in [9.17, 15) is 8.42 Å². The van der Waals surface area contributed by atoms with Crippen LogP contribution in [0.1, 0.15) is 26.7 Å². The molecule has 1 aliphatic rings. The van der Waals surface area contributed by atoms with Gasteiger partial charge in [-0.1, -0.05) is 6.92 Å². The number of hydrogen-bond donors (Lipinski definition) is 1. The van der Waals surface area contributed by atoms with E-state index in [0.29, 0.717) is 17.4 Å². The highest BCUT2D eigenvalue weighted by atomic mass is 32.2. The van der Waals surface area contributed by atoms with Gasteiger partial charge in [0, 0.05) is 25.3 Å². The zero-order chi connectivity index (χ0) is 14.0. The second kappa shape index (κ2) is 5.51. The zero-order valence-electron chi connectivity index (χ0n) is 11.8. The van der Waals surface area contributed by atoms with Crippen LogP contribution >= 0.6 is 0 Å². The fourth-order valence-electron chi connectivity index (χ4n) is 2.67. The maximum atomic E-state index is 12.6. The summed E-state index contributed by atoms with van der Waals surface area (Å²) in [5, 5.41) is 2.99. The molecule has 0 aromatic heterocycles. The lowest BCUT2D eigenvalue weighted by molar-refractivity contribution is 0.220. The third kappa shape index (κ3) is 2.92. The fourth-order valence-corrected chi connectivity index (χ4v) is 4.33. The summed E-state index contributed by atoms with van der Waals surface area (Å²) in [5.41, 5.74) is 0.916. The molecule has 1 saturated heterocycles. The van der Waals surface area contributed by atoms with Gasteiger partial charge in [0.25, 0.3) is 0 Å². The van der Waals surface area contributed by atoms with E-state index in [1.807, 2.05) is 14.0 Å². The minimum Gasteiger partial charge on any atom is -0.388 e. The minimum atomic E-state index is -3.35. The van der Waals surface area contributed by atoms with Gasteiger partial charge in [0.05, 0.1) is 4.90 Å². The fraction of sp³-hybridized carbons (Fsp3) is 0.571. The first-order chi connectivity index (χ1) is 8.95. The second-order valence-electron chi connectivity index (χ2n) is 5.37. The van der Waals surface area contributed by atoms with Crippen molar-refractivity contribution in [3.05, 3.63) is 24.3 Å². The maximum Gasteiger partial charge on any atom is 0.243 e. The summed E-state index contributed by atoms with van der Waals surface area (Å²) in [7, 11) is -1.54. The number of benzene rings is 1. The molecule has 1 fully saturated rings. The topological polar surface area (TPSA) is 49.4 Å². The van der Waals surface area contributed by atoms with Crippen LogP contribution in [0.4, 0.5) is 5.69 Å². The average Bonchev–Trinajstić information content (AvgIpc) is 2.38. The van der Waals surface area contributed by atoms with Gasteiger partial charge in [-0.25, -0.2) is 8.42 Å². The Morgan fingerprint density at radius 3 is 2.37 bits per heavy atom. The van der Waals surface area contributed by atoms with Crippen LogP contribution in [-0.2, 0) is 10.0 Å². The van der Waals surface area contributed by atoms with Gasteiger partial charge < -0.3 is 5.32 Å². The highest BCUT2D eigenvalue weighted by molar-refractivity contribution is 7.89. The summed E-state index contributed by atoms with van der Waals surface area (Å²) in [5.74, 6) is 0.605. The third-order valence-corrected chi connectivity index (χ3v) is 5.85. The molecular formula is C14H22N2O2S. The molecule has 1 aromatic carbocycles. The van der Waals surface area contributed by atoms with Crippen LogP contribution < -0.4 is 5.32 Å². The largest absolute Gasteiger partial charge is 0.388 e. The quantitative estimate of drug-likeness (QED) is 0.927. The Labute approximate surface area is 115 Å². The first-order valence-corrected chi connectivity index (χ1v) is 8.19. The molecule has 5 heteroatoms. The predicted octanol–water partition coefficient (Wildman–Crippen LogP) is 2.54. The molecule has 2 atom stereocenters. The number of hydrogen-bond acceptors (Lipinski definition) is 3. The molecule has 0 radical (unpaired) electrons. The number of nitrogens with one attached hydrogen (secondary N) is 1. The van der Waals surface area contributed by atoms with Crippen molar-refractivity contribution >= 4 is 15.7 Å². The lowest BCUT2D eigenvalue weighted by Gasteiger charge is -2.35. The van der Waals surface area contributed by atoms with Gasteiger partial charge in [0.1, 0.15) is 0 Å². The number of piperidine rings is 1. The van der Waals surface area contributed by atoms with E-state index in [1.165, 1.54) is 0 Å². The highest BCUT2D eigenvalue weighted by Gasteiger charge is 2.32. The smallest absolute Gasteiger partial charge is 0.243 e. The second-order valence-corrected chi connectivity index (χ2v) is 7.26. The van der Waals surface area contributed by atoms with Crippen molar-refractivity contribution in [2.24, 2.45) is 5.92 Å². The van der Waals surface area contributed by atoms with Crippen LogP contribution in [0.3, 0.4) is 0 Å². The predicted molar refractivity (Wildman–Crippen MR) is 77.7 cm³/mol. The molecule has 0 aliphatic carbocycles. The Kier molecular flexibility index (Phi) is 4.16. The van der Waals surface area contributed by atoms with Crippen molar-refractivity contribution in [3.63, 3.8) is 0 Å². The van der Waals surface area contributed by atoms with Crippen LogP contribution in [0.2, 0.25) is 0 Å². The molecule has 2 unspecified atom stereocenters. The van der Waals surface area contributed by atoms with Gasteiger partial charge in [-0.2, -0.15) is 4.31 Å². The van der Waals surface area contributed by atoms with Gasteiger partial charge in [-0.3, -0.25) is 0 Å². The summed E-state index contributed by atoms with van der Waals surface area (Å²) >= 11 is 0. The number of nitrogens with zero attached hydrogens (tertiary/aromatic N) is 1. The van der Waals surface area contributed by atoms with Crippen LogP contribution in [0.25, 0.3) is 0 Å². The molecule has 2 rings (SSSR count). The Morgan fingerprint density at radius 1 is 1.21 bits per heavy atom. The molecule has 106 valence electrons. The monoisotopic (exact) mass is 282 g/mol. The maximum absolute atomic E-state index is 12.6. The summed E-state index contributed by atoms with van der Waals surface area (Å²) < 4.78 is 26.9. The lowest BCUT2D eigenvalue weighted by atomic mass is 9.95. The third-order valence-electron chi connectivity index (χ3n) is 3.83. The standard InChI is InChI=1S/C14H22N2O2S/c1-11-8-9-16(12(2)10-11)19(17,18)14-6-4-13(15-3)5-7-14/h4-7,11-12,15H,8-10H2,1-3H3. The van der Waals surface area contributed by atoms with Crippen LogP contribution in [0.5, 0.6) is 0 Å². The van der Waals surface area contributed by atoms with Crippen molar-refractivity contribution in [3.8, 4) is 0 Å².